The number of amides is 1. The number of nitrogens with zero attached hydrogens (tertiary/aromatic N) is 4. The van der Waals surface area contributed by atoms with E-state index in [9.17, 15) is 28.1 Å². The van der Waals surface area contributed by atoms with Gasteiger partial charge in [-0.25, -0.2) is 0 Å². The highest BCUT2D eigenvalue weighted by atomic mass is 32.2. The van der Waals surface area contributed by atoms with Gasteiger partial charge < -0.3 is 10.1 Å². The van der Waals surface area contributed by atoms with E-state index >= 15 is 0 Å². The summed E-state index contributed by atoms with van der Waals surface area (Å²) < 4.78 is 46.1. The van der Waals surface area contributed by atoms with Crippen LogP contribution in [0.2, 0.25) is 0 Å². The van der Waals surface area contributed by atoms with Crippen LogP contribution in [0.4, 0.5) is 18.9 Å². The second-order valence-electron chi connectivity index (χ2n) is 8.58. The van der Waals surface area contributed by atoms with E-state index in [1.54, 1.807) is 43.5 Å². The number of thioether (sulfide) groups is 1. The first-order chi connectivity index (χ1) is 19.2. The van der Waals surface area contributed by atoms with Crippen LogP contribution in [0.5, 0.6) is 0 Å². The van der Waals surface area contributed by atoms with Crippen molar-refractivity contribution in [3.8, 4) is 11.4 Å². The van der Waals surface area contributed by atoms with E-state index < -0.39 is 22.6 Å². The monoisotopic (exact) mass is 571 g/mol. The normalized spacial score (nSPS) is 11.4. The van der Waals surface area contributed by atoms with Gasteiger partial charge in [-0.3, -0.25) is 19.5 Å². The minimum absolute atomic E-state index is 0.0377. The summed E-state index contributed by atoms with van der Waals surface area (Å²) in [5.41, 5.74) is 1.26. The number of carbonyl (C=O) groups is 1. The molecule has 1 aromatic heterocycles. The van der Waals surface area contributed by atoms with Crippen molar-refractivity contribution in [1.82, 2.24) is 20.1 Å². The maximum absolute atomic E-state index is 13.0. The smallest absolute Gasteiger partial charge is 0.383 e. The van der Waals surface area contributed by atoms with Gasteiger partial charge in [-0.1, -0.05) is 42.1 Å². The first-order valence-corrected chi connectivity index (χ1v) is 13.0. The molecular weight excluding hydrogens is 547 g/mol. The zero-order valence-corrected chi connectivity index (χ0v) is 22.0. The van der Waals surface area contributed by atoms with Crippen LogP contribution in [0.3, 0.4) is 0 Å². The molecule has 208 valence electrons. The Labute approximate surface area is 231 Å². The number of methoxy groups -OCH3 is 1. The lowest BCUT2D eigenvalue weighted by atomic mass is 10.1. The molecule has 0 saturated heterocycles. The van der Waals surface area contributed by atoms with Gasteiger partial charge in [0.1, 0.15) is 0 Å². The van der Waals surface area contributed by atoms with Crippen LogP contribution in [0.25, 0.3) is 11.4 Å². The number of benzene rings is 3. The molecular formula is C27H24F3N5O4S. The number of hydrogen-bond acceptors (Lipinski definition) is 7. The summed E-state index contributed by atoms with van der Waals surface area (Å²) in [6, 6.07) is 17.7. The van der Waals surface area contributed by atoms with Gasteiger partial charge in [-0.15, -0.1) is 10.2 Å². The van der Waals surface area contributed by atoms with Crippen molar-refractivity contribution in [2.45, 2.75) is 30.2 Å². The molecule has 4 aromatic rings. The SMILES string of the molecule is COCCn1c(SCc2ccccc2C(=O)NCc2cccc(C(F)(F)F)c2)nnc1-c1ccc([N+](=O)[O-])cc1. The Bertz CT molecular complexity index is 1490. The summed E-state index contributed by atoms with van der Waals surface area (Å²) in [7, 11) is 1.57. The number of hydrogen-bond donors (Lipinski definition) is 1. The molecule has 0 bridgehead atoms. The number of carbonyl (C=O) groups excluding carboxylic acids is 1. The maximum Gasteiger partial charge on any atom is 0.416 e. The molecule has 0 spiro atoms. The first-order valence-electron chi connectivity index (χ1n) is 12.0. The van der Waals surface area contributed by atoms with E-state index in [-0.39, 0.29) is 12.2 Å². The summed E-state index contributed by atoms with van der Waals surface area (Å²) in [6.45, 7) is 0.742. The molecule has 0 aliphatic carbocycles. The number of aromatic nitrogens is 3. The lowest BCUT2D eigenvalue weighted by Crippen LogP contribution is -2.24. The third-order valence-electron chi connectivity index (χ3n) is 5.90. The third-order valence-corrected chi connectivity index (χ3v) is 6.91. The molecule has 0 radical (unpaired) electrons. The van der Waals surface area contributed by atoms with Crippen LogP contribution >= 0.6 is 11.8 Å². The fourth-order valence-corrected chi connectivity index (χ4v) is 4.84. The molecule has 0 aliphatic rings. The topological polar surface area (TPSA) is 112 Å². The average molecular weight is 572 g/mol. The van der Waals surface area contributed by atoms with Gasteiger partial charge in [-0.2, -0.15) is 13.2 Å². The van der Waals surface area contributed by atoms with Crippen molar-refractivity contribution < 1.29 is 27.6 Å². The van der Waals surface area contributed by atoms with Crippen LogP contribution in [-0.2, 0) is 29.8 Å². The number of nitrogens with one attached hydrogen (secondary N) is 1. The lowest BCUT2D eigenvalue weighted by Gasteiger charge is -2.12. The molecule has 40 heavy (non-hydrogen) atoms. The van der Waals surface area contributed by atoms with Crippen LogP contribution in [0.1, 0.15) is 27.0 Å². The van der Waals surface area contributed by atoms with Crippen molar-refractivity contribution in [3.05, 3.63) is 105 Å². The molecule has 1 heterocycles. The quantitative estimate of drug-likeness (QED) is 0.139. The second kappa shape index (κ2) is 12.7. The second-order valence-corrected chi connectivity index (χ2v) is 9.52. The molecule has 0 unspecified atom stereocenters. The van der Waals surface area contributed by atoms with Gasteiger partial charge in [0.2, 0.25) is 0 Å². The van der Waals surface area contributed by atoms with E-state index in [2.05, 4.69) is 15.5 Å². The van der Waals surface area contributed by atoms with E-state index in [1.165, 1.54) is 36.0 Å². The number of ether oxygens (including phenoxy) is 1. The van der Waals surface area contributed by atoms with Crippen molar-refractivity contribution in [2.24, 2.45) is 0 Å². The first kappa shape index (κ1) is 28.8. The molecule has 3 aromatic carbocycles. The number of alkyl halides is 3. The van der Waals surface area contributed by atoms with Gasteiger partial charge in [-0.05, 0) is 41.5 Å². The van der Waals surface area contributed by atoms with E-state index in [4.69, 9.17) is 4.74 Å². The van der Waals surface area contributed by atoms with Gasteiger partial charge in [0.25, 0.3) is 11.6 Å². The average Bonchev–Trinajstić information content (AvgIpc) is 3.36. The fraction of sp³-hybridized carbons (Fsp3) is 0.222. The van der Waals surface area contributed by atoms with Crippen LogP contribution < -0.4 is 5.32 Å². The summed E-state index contributed by atoms with van der Waals surface area (Å²) in [6.07, 6.45) is -4.47. The Morgan fingerprint density at radius 2 is 1.82 bits per heavy atom. The van der Waals surface area contributed by atoms with Crippen molar-refractivity contribution in [3.63, 3.8) is 0 Å². The molecule has 1 N–H and O–H groups in total. The third kappa shape index (κ3) is 7.04. The highest BCUT2D eigenvalue weighted by Crippen LogP contribution is 2.30. The molecule has 0 aliphatic heterocycles. The lowest BCUT2D eigenvalue weighted by molar-refractivity contribution is -0.384. The van der Waals surface area contributed by atoms with E-state index in [0.29, 0.717) is 52.1 Å². The standard InChI is InChI=1S/C27H24F3N5O4S/c1-39-14-13-34-24(19-9-11-22(12-10-19)35(37)38)32-33-26(34)40-17-20-6-2-3-8-23(20)25(36)31-16-18-5-4-7-21(15-18)27(28,29)30/h2-12,15H,13-14,16-17H2,1H3,(H,31,36). The van der Waals surface area contributed by atoms with Crippen LogP contribution in [-0.4, -0.2) is 39.3 Å². The number of nitro groups is 1. The van der Waals surface area contributed by atoms with Gasteiger partial charge >= 0.3 is 6.18 Å². The number of nitro benzene ring substituents is 1. The molecule has 9 nitrogen and oxygen atoms in total. The molecule has 0 fully saturated rings. The fourth-order valence-electron chi connectivity index (χ4n) is 3.87. The van der Waals surface area contributed by atoms with Crippen LogP contribution in [0.15, 0.2) is 78.0 Å². The zero-order valence-electron chi connectivity index (χ0n) is 21.2. The number of non-ortho nitro benzene ring substituents is 1. The zero-order chi connectivity index (χ0) is 28.7. The van der Waals surface area contributed by atoms with Gasteiger partial charge in [0.15, 0.2) is 11.0 Å². The molecule has 13 heteroatoms. The Balaban J connectivity index is 1.49. The van der Waals surface area contributed by atoms with Crippen molar-refractivity contribution in [1.29, 1.82) is 0 Å². The van der Waals surface area contributed by atoms with Crippen molar-refractivity contribution in [2.75, 3.05) is 13.7 Å². The summed E-state index contributed by atoms with van der Waals surface area (Å²) in [5, 5.41) is 22.8. The Kier molecular flexibility index (Phi) is 9.17. The molecule has 1 amide bonds. The summed E-state index contributed by atoms with van der Waals surface area (Å²) in [4.78, 5) is 23.5. The molecule has 4 rings (SSSR count). The highest BCUT2D eigenvalue weighted by Gasteiger charge is 2.30. The Morgan fingerprint density at radius 1 is 1.07 bits per heavy atom. The van der Waals surface area contributed by atoms with Crippen LogP contribution in [0, 0.1) is 10.1 Å². The molecule has 0 saturated carbocycles. The number of rotatable bonds is 11. The minimum Gasteiger partial charge on any atom is -0.383 e. The van der Waals surface area contributed by atoms with E-state index in [1.807, 2.05) is 4.57 Å². The Hall–Kier alpha value is -4.23. The highest BCUT2D eigenvalue weighted by molar-refractivity contribution is 7.98. The predicted molar refractivity (Wildman–Crippen MR) is 143 cm³/mol. The summed E-state index contributed by atoms with van der Waals surface area (Å²) >= 11 is 1.35. The van der Waals surface area contributed by atoms with Crippen molar-refractivity contribution >= 4 is 23.4 Å². The molecule has 0 atom stereocenters. The van der Waals surface area contributed by atoms with E-state index in [0.717, 1.165) is 12.1 Å². The summed E-state index contributed by atoms with van der Waals surface area (Å²) in [5.74, 6) is 0.459. The Morgan fingerprint density at radius 3 is 2.52 bits per heavy atom. The number of halogens is 3. The van der Waals surface area contributed by atoms with Gasteiger partial charge in [0, 0.05) is 42.7 Å². The largest absolute Gasteiger partial charge is 0.416 e. The predicted octanol–water partition coefficient (Wildman–Crippen LogP) is 5.74. The maximum atomic E-state index is 13.0. The minimum atomic E-state index is -4.47. The van der Waals surface area contributed by atoms with Gasteiger partial charge in [0.05, 0.1) is 23.6 Å².